The van der Waals surface area contributed by atoms with Crippen molar-refractivity contribution in [2.24, 2.45) is 0 Å². The van der Waals surface area contributed by atoms with E-state index in [4.69, 9.17) is 4.55 Å². The van der Waals surface area contributed by atoms with Gasteiger partial charge in [0.2, 0.25) is 0 Å². The molecule has 0 unspecified atom stereocenters. The summed E-state index contributed by atoms with van der Waals surface area (Å²) in [7, 11) is -4.24. The number of amides is 2. The molecule has 0 aliphatic carbocycles. The van der Waals surface area contributed by atoms with Crippen molar-refractivity contribution < 1.29 is 22.6 Å². The average Bonchev–Trinajstić information content (AvgIpc) is 3.00. The van der Waals surface area contributed by atoms with Gasteiger partial charge in [0.1, 0.15) is 0 Å². The van der Waals surface area contributed by atoms with E-state index in [1.54, 1.807) is 42.5 Å². The van der Waals surface area contributed by atoms with E-state index in [-0.39, 0.29) is 46.3 Å². The Morgan fingerprint density at radius 1 is 0.759 bits per heavy atom. The van der Waals surface area contributed by atoms with Gasteiger partial charge in [0.25, 0.3) is 21.9 Å². The molecule has 0 saturated carbocycles. The van der Waals surface area contributed by atoms with Crippen LogP contribution < -0.4 is 10.2 Å². The molecule has 9 heteroatoms. The molecule has 1 aliphatic heterocycles. The fourth-order valence-electron chi connectivity index (χ4n) is 2.98. The van der Waals surface area contributed by atoms with Crippen molar-refractivity contribution in [3.05, 3.63) is 72.8 Å². The first-order valence-electron chi connectivity index (χ1n) is 8.26. The van der Waals surface area contributed by atoms with Crippen LogP contribution in [0.2, 0.25) is 0 Å². The third-order valence-electron chi connectivity index (χ3n) is 4.33. The molecule has 2 amide bonds. The van der Waals surface area contributed by atoms with E-state index in [0.717, 1.165) is 21.7 Å². The summed E-state index contributed by atoms with van der Waals surface area (Å²) in [5.41, 5.74) is 2.02. The average molecular weight is 418 g/mol. The molecule has 0 saturated heterocycles. The second kappa shape index (κ2) is 8.10. The number of nitrogens with one attached hydrogen (secondary N) is 1. The first kappa shape index (κ1) is 21.2. The summed E-state index contributed by atoms with van der Waals surface area (Å²) in [4.78, 5) is 24.4. The molecule has 0 radical (unpaired) electrons. The molecule has 0 atom stereocenters. The minimum atomic E-state index is -4.24. The maximum atomic E-state index is 11.7. The first-order valence-corrected chi connectivity index (χ1v) is 9.70. The van der Waals surface area contributed by atoms with Crippen LogP contribution in [0.1, 0.15) is 0 Å². The predicted octanol–water partition coefficient (Wildman–Crippen LogP) is 2.61. The van der Waals surface area contributed by atoms with Crippen LogP contribution in [0.4, 0.5) is 17.1 Å². The summed E-state index contributed by atoms with van der Waals surface area (Å²) in [6.07, 6.45) is 2.47. The molecule has 4 rings (SSSR count). The van der Waals surface area contributed by atoms with Crippen molar-refractivity contribution in [2.75, 3.05) is 10.2 Å². The number of rotatable bonds is 4. The standard InChI is InChI=1S/C20H14N2O5S.Na.H/c23-19-9-10-20(24)22(19)17-6-4-15(5-7-17)21-16-3-1-14-12-18(28(25,26)27)8-2-13(14)11-16;;/h1-12,21H,(H,25,26,27);;. The number of fused-ring (bicyclic) bond motifs is 1. The van der Waals surface area contributed by atoms with Crippen LogP contribution in [0.15, 0.2) is 77.7 Å². The van der Waals surface area contributed by atoms with Crippen LogP contribution in [-0.2, 0) is 19.7 Å². The van der Waals surface area contributed by atoms with Crippen LogP contribution in [0.3, 0.4) is 0 Å². The number of nitrogens with zero attached hydrogens (tertiary/aromatic N) is 1. The van der Waals surface area contributed by atoms with Gasteiger partial charge < -0.3 is 5.32 Å². The van der Waals surface area contributed by atoms with Crippen molar-refractivity contribution in [3.8, 4) is 0 Å². The molecular weight excluding hydrogens is 403 g/mol. The Kier molecular flexibility index (Phi) is 5.92. The third kappa shape index (κ3) is 4.42. The minimum absolute atomic E-state index is 0. The number of carbonyl (C=O) groups is 2. The Balaban J connectivity index is 0.00000240. The number of imide groups is 1. The molecule has 7 nitrogen and oxygen atoms in total. The maximum absolute atomic E-state index is 11.7. The monoisotopic (exact) mass is 418 g/mol. The zero-order valence-electron chi connectivity index (χ0n) is 14.4. The Morgan fingerprint density at radius 3 is 1.93 bits per heavy atom. The van der Waals surface area contributed by atoms with Gasteiger partial charge in [-0.25, -0.2) is 4.90 Å². The van der Waals surface area contributed by atoms with E-state index in [1.807, 2.05) is 6.07 Å². The molecule has 3 aromatic rings. The predicted molar refractivity (Wildman–Crippen MR) is 112 cm³/mol. The molecule has 0 spiro atoms. The Hall–Kier alpha value is -2.49. The van der Waals surface area contributed by atoms with Crippen LogP contribution in [0.5, 0.6) is 0 Å². The van der Waals surface area contributed by atoms with E-state index in [1.165, 1.54) is 24.3 Å². The second-order valence-corrected chi connectivity index (χ2v) is 7.64. The van der Waals surface area contributed by atoms with Gasteiger partial charge in [0, 0.05) is 23.5 Å². The van der Waals surface area contributed by atoms with Crippen LogP contribution in [0, 0.1) is 0 Å². The van der Waals surface area contributed by atoms with E-state index in [9.17, 15) is 18.0 Å². The molecule has 0 fully saturated rings. The summed E-state index contributed by atoms with van der Waals surface area (Å²) < 4.78 is 31.6. The second-order valence-electron chi connectivity index (χ2n) is 6.22. The van der Waals surface area contributed by atoms with E-state index in [0.29, 0.717) is 11.1 Å². The molecular formula is C20H15N2NaO5S. The molecule has 0 aromatic heterocycles. The van der Waals surface area contributed by atoms with Gasteiger partial charge in [0.15, 0.2) is 0 Å². The Bertz CT molecular complexity index is 1240. The van der Waals surface area contributed by atoms with Gasteiger partial charge in [-0.2, -0.15) is 8.42 Å². The normalized spacial score (nSPS) is 13.6. The molecule has 2 N–H and O–H groups in total. The van der Waals surface area contributed by atoms with E-state index >= 15 is 0 Å². The quantitative estimate of drug-likeness (QED) is 0.384. The third-order valence-corrected chi connectivity index (χ3v) is 5.18. The number of benzene rings is 3. The van der Waals surface area contributed by atoms with Crippen LogP contribution in [0.25, 0.3) is 10.8 Å². The molecule has 0 bridgehead atoms. The summed E-state index contributed by atoms with van der Waals surface area (Å²) in [5, 5.41) is 4.68. The van der Waals surface area contributed by atoms with Gasteiger partial charge in [0.05, 0.1) is 10.6 Å². The van der Waals surface area contributed by atoms with Crippen molar-refractivity contribution in [1.29, 1.82) is 0 Å². The zero-order chi connectivity index (χ0) is 19.9. The Labute approximate surface area is 189 Å². The molecule has 1 heterocycles. The first-order chi connectivity index (χ1) is 13.3. The van der Waals surface area contributed by atoms with Crippen LogP contribution in [-0.4, -0.2) is 54.3 Å². The number of hydrogen-bond donors (Lipinski definition) is 2. The molecule has 3 aromatic carbocycles. The van der Waals surface area contributed by atoms with E-state index < -0.39 is 10.1 Å². The number of anilines is 3. The fourth-order valence-corrected chi connectivity index (χ4v) is 3.49. The fraction of sp³-hybridized carbons (Fsp3) is 0. The zero-order valence-corrected chi connectivity index (χ0v) is 15.2. The number of carbonyl (C=O) groups excluding carboxylic acids is 2. The number of hydrogen-bond acceptors (Lipinski definition) is 5. The van der Waals surface area contributed by atoms with E-state index in [2.05, 4.69) is 5.32 Å². The summed E-state index contributed by atoms with van der Waals surface area (Å²) >= 11 is 0. The van der Waals surface area contributed by atoms with Gasteiger partial charge in [-0.05, 0) is 59.3 Å². The summed E-state index contributed by atoms with van der Waals surface area (Å²) in [6, 6.07) is 16.6. The van der Waals surface area contributed by atoms with Gasteiger partial charge in [-0.15, -0.1) is 0 Å². The molecule has 142 valence electrons. The SMILES string of the molecule is O=C1C=CC(=O)N1c1ccc(Nc2ccc3cc(S(=O)(=O)O)ccc3c2)cc1.[NaH]. The van der Waals surface area contributed by atoms with Gasteiger partial charge in [-0.3, -0.25) is 14.1 Å². The van der Waals surface area contributed by atoms with Crippen molar-refractivity contribution in [2.45, 2.75) is 4.90 Å². The van der Waals surface area contributed by atoms with Crippen molar-refractivity contribution in [1.82, 2.24) is 0 Å². The van der Waals surface area contributed by atoms with Gasteiger partial charge >= 0.3 is 29.6 Å². The van der Waals surface area contributed by atoms with Gasteiger partial charge in [-0.1, -0.05) is 12.1 Å². The summed E-state index contributed by atoms with van der Waals surface area (Å²) in [5.74, 6) is -0.742. The van der Waals surface area contributed by atoms with Crippen molar-refractivity contribution >= 4 is 79.3 Å². The van der Waals surface area contributed by atoms with Crippen LogP contribution >= 0.6 is 0 Å². The molecule has 29 heavy (non-hydrogen) atoms. The van der Waals surface area contributed by atoms with Crippen molar-refractivity contribution in [3.63, 3.8) is 0 Å². The summed E-state index contributed by atoms with van der Waals surface area (Å²) in [6.45, 7) is 0. The molecule has 1 aliphatic rings. The Morgan fingerprint density at radius 2 is 1.31 bits per heavy atom. The topological polar surface area (TPSA) is 104 Å².